The minimum absolute atomic E-state index is 0.0657. The highest BCUT2D eigenvalue weighted by molar-refractivity contribution is 6.16. The summed E-state index contributed by atoms with van der Waals surface area (Å²) in [6, 6.07) is 30.1. The minimum atomic E-state index is 0.0657. The van der Waals surface area contributed by atoms with Crippen molar-refractivity contribution in [2.45, 2.75) is 33.1 Å². The van der Waals surface area contributed by atoms with E-state index < -0.39 is 0 Å². The van der Waals surface area contributed by atoms with E-state index in [1.54, 1.807) is 0 Å². The average Bonchev–Trinajstić information content (AvgIpc) is 3.28. The molecule has 180 valence electrons. The van der Waals surface area contributed by atoms with Crippen molar-refractivity contribution >= 4 is 33.3 Å². The third-order valence-electron chi connectivity index (χ3n) is 7.66. The average molecular weight is 481 g/mol. The van der Waals surface area contributed by atoms with Crippen molar-refractivity contribution in [1.29, 1.82) is 0 Å². The molecule has 0 aliphatic carbocycles. The molecule has 0 atom stereocenters. The first-order valence-electron chi connectivity index (χ1n) is 12.8. The highest BCUT2D eigenvalue weighted by Gasteiger charge is 2.23. The van der Waals surface area contributed by atoms with E-state index in [-0.39, 0.29) is 5.41 Å². The molecule has 1 aliphatic heterocycles. The Morgan fingerprint density at radius 3 is 2.38 bits per heavy atom. The van der Waals surface area contributed by atoms with E-state index in [2.05, 4.69) is 106 Å². The number of nitrogens with zero attached hydrogens (tertiary/aromatic N) is 1. The molecule has 4 aromatic carbocycles. The quantitative estimate of drug-likeness (QED) is 0.254. The summed E-state index contributed by atoms with van der Waals surface area (Å²) >= 11 is 0. The minimum Gasteiger partial charge on any atom is -0.456 e. The smallest absolute Gasteiger partial charge is 0.137 e. The highest BCUT2D eigenvalue weighted by atomic mass is 16.3. The Morgan fingerprint density at radius 2 is 1.54 bits per heavy atom. The fourth-order valence-electron chi connectivity index (χ4n) is 5.62. The first kappa shape index (κ1) is 21.9. The van der Waals surface area contributed by atoms with Crippen LogP contribution in [0.5, 0.6) is 0 Å². The SMILES string of the molecule is Cc1c2cccc1-c1ccc3oc4ccccc4c3c1Nc1ccc(-c3cc(C(C)(C)C)ccn3)cc1-2. The van der Waals surface area contributed by atoms with E-state index in [1.807, 2.05) is 18.3 Å². The van der Waals surface area contributed by atoms with Gasteiger partial charge in [-0.1, -0.05) is 63.2 Å². The molecule has 0 radical (unpaired) electrons. The molecule has 3 heteroatoms. The van der Waals surface area contributed by atoms with Crippen LogP contribution in [0.25, 0.3) is 55.4 Å². The van der Waals surface area contributed by atoms with E-state index in [0.29, 0.717) is 0 Å². The number of hydrogen-bond acceptors (Lipinski definition) is 3. The van der Waals surface area contributed by atoms with Crippen LogP contribution in [0.2, 0.25) is 0 Å². The maximum absolute atomic E-state index is 6.23. The second-order valence-corrected chi connectivity index (χ2v) is 11.0. The van der Waals surface area contributed by atoms with Gasteiger partial charge in [0.15, 0.2) is 0 Å². The summed E-state index contributed by atoms with van der Waals surface area (Å²) in [7, 11) is 0. The number of para-hydroxylation sites is 1. The van der Waals surface area contributed by atoms with Gasteiger partial charge in [-0.25, -0.2) is 0 Å². The molecule has 2 bridgehead atoms. The summed E-state index contributed by atoms with van der Waals surface area (Å²) < 4.78 is 6.23. The van der Waals surface area contributed by atoms with Gasteiger partial charge in [0.25, 0.3) is 0 Å². The molecule has 6 aromatic rings. The van der Waals surface area contributed by atoms with Crippen LogP contribution in [0.15, 0.2) is 95.5 Å². The standard InChI is InChI=1S/C34H28N2O/c1-20-23-9-7-10-24(20)27-18-21(29-19-22(16-17-35-29)34(2,3)4)12-14-28(27)36-33-25(23)13-15-31-32(33)26-8-5-6-11-30(26)37-31/h5-19,36H,1-4H3. The van der Waals surface area contributed by atoms with Gasteiger partial charge < -0.3 is 9.73 Å². The topological polar surface area (TPSA) is 38.1 Å². The van der Waals surface area contributed by atoms with Crippen molar-refractivity contribution in [2.75, 3.05) is 5.32 Å². The molecule has 3 heterocycles. The van der Waals surface area contributed by atoms with Gasteiger partial charge in [0.2, 0.25) is 0 Å². The van der Waals surface area contributed by atoms with Crippen molar-refractivity contribution in [3.8, 4) is 33.5 Å². The second-order valence-electron chi connectivity index (χ2n) is 11.0. The third-order valence-corrected chi connectivity index (χ3v) is 7.66. The van der Waals surface area contributed by atoms with E-state index >= 15 is 0 Å². The largest absolute Gasteiger partial charge is 0.456 e. The summed E-state index contributed by atoms with van der Waals surface area (Å²) in [5.41, 5.74) is 13.5. The predicted octanol–water partition coefficient (Wildman–Crippen LogP) is 9.64. The number of hydrogen-bond donors (Lipinski definition) is 1. The normalized spacial score (nSPS) is 12.5. The summed E-state index contributed by atoms with van der Waals surface area (Å²) in [6.07, 6.45) is 1.92. The number of pyridine rings is 1. The Hall–Kier alpha value is -4.37. The molecule has 0 spiro atoms. The Balaban J connectivity index is 1.49. The van der Waals surface area contributed by atoms with Crippen LogP contribution < -0.4 is 5.32 Å². The number of nitrogens with one attached hydrogen (secondary N) is 1. The first-order valence-corrected chi connectivity index (χ1v) is 12.8. The number of rotatable bonds is 1. The van der Waals surface area contributed by atoms with Crippen LogP contribution in [-0.4, -0.2) is 4.98 Å². The molecule has 1 aliphatic rings. The molecule has 0 amide bonds. The van der Waals surface area contributed by atoms with Gasteiger partial charge in [-0.2, -0.15) is 0 Å². The van der Waals surface area contributed by atoms with Crippen LogP contribution in [0.1, 0.15) is 31.9 Å². The van der Waals surface area contributed by atoms with Crippen LogP contribution in [0.3, 0.4) is 0 Å². The Labute approximate surface area is 216 Å². The Kier molecular flexibility index (Phi) is 4.62. The summed E-state index contributed by atoms with van der Waals surface area (Å²) in [4.78, 5) is 4.74. The molecule has 37 heavy (non-hydrogen) atoms. The zero-order chi connectivity index (χ0) is 25.3. The number of furan rings is 1. The number of fused-ring (bicyclic) bond motifs is 10. The number of aromatic nitrogens is 1. The lowest BCUT2D eigenvalue weighted by atomic mass is 9.86. The highest BCUT2D eigenvalue weighted by Crippen LogP contribution is 2.48. The van der Waals surface area contributed by atoms with Crippen LogP contribution in [-0.2, 0) is 5.41 Å². The maximum atomic E-state index is 6.23. The summed E-state index contributed by atoms with van der Waals surface area (Å²) in [6.45, 7) is 8.95. The van der Waals surface area contributed by atoms with Crippen molar-refractivity contribution < 1.29 is 4.42 Å². The Morgan fingerprint density at radius 1 is 0.730 bits per heavy atom. The van der Waals surface area contributed by atoms with E-state index in [4.69, 9.17) is 9.40 Å². The van der Waals surface area contributed by atoms with Crippen molar-refractivity contribution in [1.82, 2.24) is 4.98 Å². The lowest BCUT2D eigenvalue weighted by Gasteiger charge is -2.24. The fraction of sp³-hybridized carbons (Fsp3) is 0.147. The lowest BCUT2D eigenvalue weighted by Crippen LogP contribution is -2.11. The van der Waals surface area contributed by atoms with Gasteiger partial charge in [-0.05, 0) is 77.1 Å². The lowest BCUT2D eigenvalue weighted by molar-refractivity contribution is 0.589. The van der Waals surface area contributed by atoms with Gasteiger partial charge in [0, 0.05) is 34.0 Å². The summed E-state index contributed by atoms with van der Waals surface area (Å²) in [5.74, 6) is 0. The molecule has 0 saturated carbocycles. The first-order chi connectivity index (χ1) is 17.9. The maximum Gasteiger partial charge on any atom is 0.137 e. The van der Waals surface area contributed by atoms with Gasteiger partial charge in [0.1, 0.15) is 11.2 Å². The molecule has 0 saturated heterocycles. The molecular weight excluding hydrogens is 452 g/mol. The van der Waals surface area contributed by atoms with Gasteiger partial charge in [-0.3, -0.25) is 4.98 Å². The zero-order valence-corrected chi connectivity index (χ0v) is 21.5. The second kappa shape index (κ2) is 7.81. The van der Waals surface area contributed by atoms with Crippen molar-refractivity contribution in [3.05, 3.63) is 102 Å². The zero-order valence-electron chi connectivity index (χ0n) is 21.5. The van der Waals surface area contributed by atoms with Crippen molar-refractivity contribution in [3.63, 3.8) is 0 Å². The molecular formula is C34H28N2O. The molecule has 7 rings (SSSR count). The van der Waals surface area contributed by atoms with Crippen molar-refractivity contribution in [2.24, 2.45) is 0 Å². The summed E-state index contributed by atoms with van der Waals surface area (Å²) in [5, 5.41) is 6.08. The fourth-order valence-corrected chi connectivity index (χ4v) is 5.62. The van der Waals surface area contributed by atoms with E-state index in [0.717, 1.165) is 44.6 Å². The van der Waals surface area contributed by atoms with Crippen LogP contribution in [0, 0.1) is 6.92 Å². The van der Waals surface area contributed by atoms with Gasteiger partial charge in [-0.15, -0.1) is 0 Å². The van der Waals surface area contributed by atoms with Crippen LogP contribution in [0.4, 0.5) is 11.4 Å². The van der Waals surface area contributed by atoms with Gasteiger partial charge >= 0.3 is 0 Å². The van der Waals surface area contributed by atoms with Gasteiger partial charge in [0.05, 0.1) is 16.8 Å². The van der Waals surface area contributed by atoms with Crippen LogP contribution >= 0.6 is 0 Å². The van der Waals surface area contributed by atoms with E-state index in [9.17, 15) is 0 Å². The number of benzene rings is 4. The molecule has 1 N–H and O–H groups in total. The molecule has 0 unspecified atom stereocenters. The Bertz CT molecular complexity index is 1850. The van der Waals surface area contributed by atoms with E-state index in [1.165, 1.54) is 33.4 Å². The predicted molar refractivity (Wildman–Crippen MR) is 155 cm³/mol. The monoisotopic (exact) mass is 480 g/mol. The molecule has 0 fully saturated rings. The molecule has 3 nitrogen and oxygen atoms in total. The third kappa shape index (κ3) is 3.38. The number of anilines is 2. The molecule has 2 aromatic heterocycles.